The van der Waals surface area contributed by atoms with E-state index < -0.39 is 5.41 Å². The maximum atomic E-state index is 12.7. The van der Waals surface area contributed by atoms with Crippen LogP contribution in [-0.4, -0.2) is 43.1 Å². The fourth-order valence-corrected chi connectivity index (χ4v) is 4.38. The first-order chi connectivity index (χ1) is 13.1. The molecule has 0 aliphatic carbocycles. The molecule has 5 heteroatoms. The largest absolute Gasteiger partial charge is 0.463 e. The minimum absolute atomic E-state index is 0.0826. The summed E-state index contributed by atoms with van der Waals surface area (Å²) in [5, 5.41) is 2.75. The van der Waals surface area contributed by atoms with Crippen LogP contribution in [0.5, 0.6) is 0 Å². The fraction of sp³-hybridized carbons (Fsp3) is 0.833. The minimum Gasteiger partial charge on any atom is -0.463 e. The lowest BCUT2D eigenvalue weighted by molar-refractivity contribution is -0.155. The summed E-state index contributed by atoms with van der Waals surface area (Å²) in [6.07, 6.45) is 7.55. The van der Waals surface area contributed by atoms with Gasteiger partial charge < -0.3 is 15.0 Å². The van der Waals surface area contributed by atoms with Crippen molar-refractivity contribution in [2.24, 2.45) is 21.7 Å². The van der Waals surface area contributed by atoms with Crippen molar-refractivity contribution in [1.82, 2.24) is 10.2 Å². The number of hydrogen-bond donors (Lipinski definition) is 1. The maximum absolute atomic E-state index is 12.7. The molecule has 1 aliphatic heterocycles. The molecule has 29 heavy (non-hydrogen) atoms. The van der Waals surface area contributed by atoms with Crippen molar-refractivity contribution in [1.29, 1.82) is 0 Å². The number of amides is 2. The Labute approximate surface area is 178 Å². The van der Waals surface area contributed by atoms with Crippen molar-refractivity contribution >= 4 is 12.0 Å². The van der Waals surface area contributed by atoms with E-state index in [9.17, 15) is 9.59 Å². The molecule has 1 aliphatic rings. The number of carbonyl (C=O) groups excluding carboxylic acids is 2. The third kappa shape index (κ3) is 8.79. The molecule has 1 unspecified atom stereocenters. The van der Waals surface area contributed by atoms with Crippen molar-refractivity contribution in [2.75, 3.05) is 26.2 Å². The molecule has 5 nitrogen and oxygen atoms in total. The monoisotopic (exact) mass is 408 g/mol. The van der Waals surface area contributed by atoms with Gasteiger partial charge >= 0.3 is 12.0 Å². The standard InChI is InChI=1S/C24H44N2O3/c1-10-24(9,17-21(2,3)4)12-11-22(5,6)18-23(7,8)19(27)29-16-15-26-14-13-25-20(26)28/h11-12H,10,13-18H2,1-9H3,(H,25,28)/b12-11-. The molecule has 1 atom stereocenters. The lowest BCUT2D eigenvalue weighted by Gasteiger charge is -2.35. The molecule has 1 heterocycles. The number of rotatable bonds is 10. The Hall–Kier alpha value is -1.52. The van der Waals surface area contributed by atoms with Gasteiger partial charge in [0.1, 0.15) is 6.61 Å². The molecule has 0 saturated carbocycles. The van der Waals surface area contributed by atoms with Gasteiger partial charge in [-0.25, -0.2) is 4.79 Å². The van der Waals surface area contributed by atoms with E-state index in [-0.39, 0.29) is 34.9 Å². The van der Waals surface area contributed by atoms with E-state index in [0.29, 0.717) is 26.1 Å². The van der Waals surface area contributed by atoms with Crippen LogP contribution >= 0.6 is 0 Å². The van der Waals surface area contributed by atoms with Crippen LogP contribution < -0.4 is 5.32 Å². The highest BCUT2D eigenvalue weighted by Gasteiger charge is 2.36. The van der Waals surface area contributed by atoms with E-state index in [2.05, 4.69) is 65.9 Å². The van der Waals surface area contributed by atoms with Gasteiger partial charge in [0.15, 0.2) is 0 Å². The van der Waals surface area contributed by atoms with E-state index >= 15 is 0 Å². The summed E-state index contributed by atoms with van der Waals surface area (Å²) in [5.41, 5.74) is -0.287. The number of esters is 1. The average molecular weight is 409 g/mol. The minimum atomic E-state index is -0.590. The molecule has 1 saturated heterocycles. The Morgan fingerprint density at radius 3 is 2.17 bits per heavy atom. The Bertz CT molecular complexity index is 602. The Morgan fingerprint density at radius 2 is 1.69 bits per heavy atom. The van der Waals surface area contributed by atoms with Crippen LogP contribution in [0.4, 0.5) is 4.79 Å². The first-order valence-electron chi connectivity index (χ1n) is 11.0. The molecule has 1 N–H and O–H groups in total. The van der Waals surface area contributed by atoms with Crippen LogP contribution in [0.3, 0.4) is 0 Å². The Balaban J connectivity index is 2.66. The third-order valence-electron chi connectivity index (χ3n) is 5.67. The van der Waals surface area contributed by atoms with E-state index in [0.717, 1.165) is 12.8 Å². The summed E-state index contributed by atoms with van der Waals surface area (Å²) in [5.74, 6) is -0.202. The second kappa shape index (κ2) is 9.53. The smallest absolute Gasteiger partial charge is 0.317 e. The van der Waals surface area contributed by atoms with Gasteiger partial charge in [-0.3, -0.25) is 4.79 Å². The summed E-state index contributed by atoms with van der Waals surface area (Å²) >= 11 is 0. The number of allylic oxidation sites excluding steroid dienone is 2. The average Bonchev–Trinajstić information content (AvgIpc) is 2.96. The lowest BCUT2D eigenvalue weighted by Crippen LogP contribution is -2.35. The van der Waals surface area contributed by atoms with E-state index in [1.54, 1.807) is 4.90 Å². The van der Waals surface area contributed by atoms with Gasteiger partial charge in [0, 0.05) is 13.1 Å². The second-order valence-corrected chi connectivity index (χ2v) is 11.5. The van der Waals surface area contributed by atoms with Gasteiger partial charge in [0.2, 0.25) is 0 Å². The Morgan fingerprint density at radius 1 is 1.07 bits per heavy atom. The molecule has 0 bridgehead atoms. The zero-order valence-corrected chi connectivity index (χ0v) is 20.3. The highest BCUT2D eigenvalue weighted by atomic mass is 16.5. The molecule has 168 valence electrons. The summed E-state index contributed by atoms with van der Waals surface area (Å²) in [6.45, 7) is 21.7. The molecule has 1 fully saturated rings. The van der Waals surface area contributed by atoms with Crippen molar-refractivity contribution in [3.63, 3.8) is 0 Å². The van der Waals surface area contributed by atoms with Crippen LogP contribution in [0.15, 0.2) is 12.2 Å². The summed E-state index contributed by atoms with van der Waals surface area (Å²) in [6, 6.07) is -0.0826. The second-order valence-electron chi connectivity index (χ2n) is 11.5. The summed E-state index contributed by atoms with van der Waals surface area (Å²) in [4.78, 5) is 25.9. The van der Waals surface area contributed by atoms with Gasteiger partial charge in [0.05, 0.1) is 12.0 Å². The van der Waals surface area contributed by atoms with Crippen molar-refractivity contribution < 1.29 is 14.3 Å². The SMILES string of the molecule is CCC(C)(/C=C\C(C)(C)CC(C)(C)C(=O)OCCN1CCNC1=O)CC(C)(C)C. The molecule has 0 aromatic rings. The van der Waals surface area contributed by atoms with Crippen molar-refractivity contribution in [2.45, 2.75) is 81.6 Å². The number of hydrogen-bond acceptors (Lipinski definition) is 3. The predicted molar refractivity (Wildman–Crippen MR) is 120 cm³/mol. The summed E-state index contributed by atoms with van der Waals surface area (Å²) < 4.78 is 5.51. The van der Waals surface area contributed by atoms with Crippen LogP contribution in [0.1, 0.15) is 81.6 Å². The number of carbonyl (C=O) groups is 2. The van der Waals surface area contributed by atoms with Gasteiger partial charge in [0.25, 0.3) is 0 Å². The number of nitrogens with zero attached hydrogens (tertiary/aromatic N) is 1. The molecule has 0 aromatic heterocycles. The van der Waals surface area contributed by atoms with Crippen molar-refractivity contribution in [3.8, 4) is 0 Å². The quantitative estimate of drug-likeness (QED) is 0.388. The van der Waals surface area contributed by atoms with Gasteiger partial charge in [-0.1, -0.05) is 60.6 Å². The first kappa shape index (κ1) is 25.5. The van der Waals surface area contributed by atoms with Crippen LogP contribution in [0.25, 0.3) is 0 Å². The van der Waals surface area contributed by atoms with E-state index in [1.165, 1.54) is 0 Å². The van der Waals surface area contributed by atoms with E-state index in [4.69, 9.17) is 4.74 Å². The molecular weight excluding hydrogens is 364 g/mol. The van der Waals surface area contributed by atoms with Crippen LogP contribution in [0.2, 0.25) is 0 Å². The maximum Gasteiger partial charge on any atom is 0.317 e. The topological polar surface area (TPSA) is 58.6 Å². The number of ether oxygens (including phenoxy) is 1. The number of urea groups is 1. The summed E-state index contributed by atoms with van der Waals surface area (Å²) in [7, 11) is 0. The first-order valence-corrected chi connectivity index (χ1v) is 11.0. The fourth-order valence-electron chi connectivity index (χ4n) is 4.38. The highest BCUT2D eigenvalue weighted by Crippen LogP contribution is 2.41. The van der Waals surface area contributed by atoms with E-state index in [1.807, 2.05) is 13.8 Å². The lowest BCUT2D eigenvalue weighted by atomic mass is 9.70. The third-order valence-corrected chi connectivity index (χ3v) is 5.67. The number of nitrogens with one attached hydrogen (secondary N) is 1. The van der Waals surface area contributed by atoms with Gasteiger partial charge in [-0.2, -0.15) is 0 Å². The van der Waals surface area contributed by atoms with Crippen molar-refractivity contribution in [3.05, 3.63) is 12.2 Å². The molecule has 1 rings (SSSR count). The molecule has 0 aromatic carbocycles. The van der Waals surface area contributed by atoms with Crippen LogP contribution in [0, 0.1) is 21.7 Å². The predicted octanol–water partition coefficient (Wildman–Crippen LogP) is 5.41. The zero-order valence-electron chi connectivity index (χ0n) is 20.3. The van der Waals surface area contributed by atoms with Gasteiger partial charge in [-0.15, -0.1) is 0 Å². The molecule has 0 spiro atoms. The molecular formula is C24H44N2O3. The Kier molecular flexibility index (Phi) is 8.38. The highest BCUT2D eigenvalue weighted by molar-refractivity contribution is 5.77. The van der Waals surface area contributed by atoms with Gasteiger partial charge in [-0.05, 0) is 49.4 Å². The van der Waals surface area contributed by atoms with Crippen LogP contribution in [-0.2, 0) is 9.53 Å². The molecule has 2 amide bonds. The normalized spacial score (nSPS) is 18.1. The molecule has 0 radical (unpaired) electrons. The zero-order chi connectivity index (χ0) is 22.5.